The molecule has 8 heteroatoms. The number of methoxy groups -OCH3 is 1. The Hall–Kier alpha value is -3.13. The van der Waals surface area contributed by atoms with E-state index in [2.05, 4.69) is 20.2 Å². The average Bonchev–Trinajstić information content (AvgIpc) is 2.65. The van der Waals surface area contributed by atoms with Crippen LogP contribution in [-0.4, -0.2) is 25.7 Å². The molecule has 0 unspecified atom stereocenters. The third-order valence-electron chi connectivity index (χ3n) is 4.35. The summed E-state index contributed by atoms with van der Waals surface area (Å²) in [4.78, 5) is 0.160. The van der Waals surface area contributed by atoms with Crippen molar-refractivity contribution < 1.29 is 13.2 Å². The van der Waals surface area contributed by atoms with Gasteiger partial charge in [-0.3, -0.25) is 4.72 Å². The van der Waals surface area contributed by atoms with Gasteiger partial charge in [-0.1, -0.05) is 6.07 Å². The van der Waals surface area contributed by atoms with E-state index in [1.54, 1.807) is 31.2 Å². The van der Waals surface area contributed by atoms with Gasteiger partial charge in [-0.2, -0.15) is 0 Å². The normalized spacial score (nSPS) is 11.1. The molecule has 2 N–H and O–H groups in total. The van der Waals surface area contributed by atoms with Crippen LogP contribution in [0.5, 0.6) is 5.75 Å². The van der Waals surface area contributed by atoms with Crippen molar-refractivity contribution >= 4 is 27.3 Å². The van der Waals surface area contributed by atoms with Crippen LogP contribution < -0.4 is 14.8 Å². The fraction of sp³-hybridized carbons (Fsp3) is 0.200. The molecule has 0 amide bonds. The summed E-state index contributed by atoms with van der Waals surface area (Å²) in [7, 11) is -2.25. The van der Waals surface area contributed by atoms with E-state index < -0.39 is 10.0 Å². The quantitative estimate of drug-likeness (QED) is 0.653. The van der Waals surface area contributed by atoms with Gasteiger partial charge in [0.2, 0.25) is 0 Å². The molecule has 0 bridgehead atoms. The molecule has 2 aromatic carbocycles. The predicted octanol–water partition coefficient (Wildman–Crippen LogP) is 3.95. The van der Waals surface area contributed by atoms with Crippen molar-refractivity contribution in [3.8, 4) is 5.75 Å². The van der Waals surface area contributed by atoms with E-state index >= 15 is 0 Å². The van der Waals surface area contributed by atoms with Crippen LogP contribution in [0.25, 0.3) is 0 Å². The number of ether oxygens (including phenoxy) is 1. The maximum atomic E-state index is 12.6. The fourth-order valence-corrected chi connectivity index (χ4v) is 3.89. The van der Waals surface area contributed by atoms with Crippen molar-refractivity contribution in [2.75, 3.05) is 17.1 Å². The second-order valence-electron chi connectivity index (χ2n) is 6.46. The van der Waals surface area contributed by atoms with Crippen LogP contribution in [0.4, 0.5) is 17.3 Å². The Balaban J connectivity index is 1.75. The Kier molecular flexibility index (Phi) is 5.51. The Labute approximate surface area is 164 Å². The van der Waals surface area contributed by atoms with Crippen molar-refractivity contribution in [1.82, 2.24) is 10.2 Å². The van der Waals surface area contributed by atoms with Gasteiger partial charge in [0.1, 0.15) is 5.75 Å². The Morgan fingerprint density at radius 2 is 1.54 bits per heavy atom. The molecule has 0 radical (unpaired) electrons. The van der Waals surface area contributed by atoms with Crippen LogP contribution in [0.2, 0.25) is 0 Å². The van der Waals surface area contributed by atoms with Gasteiger partial charge in [0, 0.05) is 5.69 Å². The van der Waals surface area contributed by atoms with Crippen molar-refractivity contribution in [3.63, 3.8) is 0 Å². The van der Waals surface area contributed by atoms with Crippen LogP contribution in [0, 0.1) is 20.8 Å². The van der Waals surface area contributed by atoms with Crippen LogP contribution in [0.1, 0.15) is 16.7 Å². The van der Waals surface area contributed by atoms with Crippen molar-refractivity contribution in [2.24, 2.45) is 0 Å². The van der Waals surface area contributed by atoms with Crippen LogP contribution in [-0.2, 0) is 10.0 Å². The monoisotopic (exact) mass is 398 g/mol. The Bertz CT molecular complexity index is 1100. The first-order chi connectivity index (χ1) is 13.3. The standard InChI is InChI=1S/C20H22N4O3S/c1-13-5-6-16(11-14(13)2)21-19-9-10-20(23-22-19)24-28(25,26)18-8-7-17(27-4)12-15(18)3/h5-12H,1-4H3,(H,21,22)(H,23,24). The van der Waals surface area contributed by atoms with E-state index in [1.165, 1.54) is 18.7 Å². The summed E-state index contributed by atoms with van der Waals surface area (Å²) >= 11 is 0. The number of nitrogens with one attached hydrogen (secondary N) is 2. The number of anilines is 3. The molecule has 1 heterocycles. The minimum absolute atomic E-state index is 0.140. The summed E-state index contributed by atoms with van der Waals surface area (Å²) in [6.07, 6.45) is 0. The van der Waals surface area contributed by atoms with Gasteiger partial charge in [-0.25, -0.2) is 8.42 Å². The van der Waals surface area contributed by atoms with E-state index in [-0.39, 0.29) is 10.7 Å². The molecule has 0 aliphatic heterocycles. The third-order valence-corrected chi connectivity index (χ3v) is 5.87. The largest absolute Gasteiger partial charge is 0.497 e. The highest BCUT2D eigenvalue weighted by Crippen LogP contribution is 2.23. The molecule has 0 spiro atoms. The van der Waals surface area contributed by atoms with Gasteiger partial charge < -0.3 is 10.1 Å². The lowest BCUT2D eigenvalue weighted by atomic mass is 10.1. The summed E-state index contributed by atoms with van der Waals surface area (Å²) in [5, 5.41) is 11.2. The summed E-state index contributed by atoms with van der Waals surface area (Å²) in [6.45, 7) is 5.79. The van der Waals surface area contributed by atoms with Crippen LogP contribution >= 0.6 is 0 Å². The highest BCUT2D eigenvalue weighted by atomic mass is 32.2. The highest BCUT2D eigenvalue weighted by Gasteiger charge is 2.18. The molecule has 0 aliphatic carbocycles. The van der Waals surface area contributed by atoms with Crippen molar-refractivity contribution in [1.29, 1.82) is 0 Å². The van der Waals surface area contributed by atoms with Gasteiger partial charge in [-0.05, 0) is 79.9 Å². The van der Waals surface area contributed by atoms with E-state index in [9.17, 15) is 8.42 Å². The Morgan fingerprint density at radius 3 is 2.14 bits per heavy atom. The van der Waals surface area contributed by atoms with Gasteiger partial charge in [0.15, 0.2) is 11.6 Å². The highest BCUT2D eigenvalue weighted by molar-refractivity contribution is 7.92. The molecule has 28 heavy (non-hydrogen) atoms. The molecule has 3 rings (SSSR count). The number of sulfonamides is 1. The lowest BCUT2D eigenvalue weighted by Gasteiger charge is -2.11. The van der Waals surface area contributed by atoms with Crippen LogP contribution in [0.3, 0.4) is 0 Å². The fourth-order valence-electron chi connectivity index (χ4n) is 2.66. The molecule has 0 fully saturated rings. The SMILES string of the molecule is COc1ccc(S(=O)(=O)Nc2ccc(Nc3ccc(C)c(C)c3)nn2)c(C)c1. The van der Waals surface area contributed by atoms with E-state index in [0.717, 1.165) is 11.3 Å². The molecular weight excluding hydrogens is 376 g/mol. The molecule has 3 aromatic rings. The molecule has 0 atom stereocenters. The first-order valence-electron chi connectivity index (χ1n) is 8.64. The average molecular weight is 398 g/mol. The number of benzene rings is 2. The summed E-state index contributed by atoms with van der Waals surface area (Å²) < 4.78 is 32.8. The number of nitrogens with zero attached hydrogens (tertiary/aromatic N) is 2. The zero-order valence-corrected chi connectivity index (χ0v) is 17.0. The number of aryl methyl sites for hydroxylation is 3. The maximum Gasteiger partial charge on any atom is 0.263 e. The molecular formula is C20H22N4O3S. The van der Waals surface area contributed by atoms with Gasteiger partial charge in [0.05, 0.1) is 12.0 Å². The predicted molar refractivity (Wildman–Crippen MR) is 110 cm³/mol. The maximum absolute atomic E-state index is 12.6. The first kappa shape index (κ1) is 19.6. The summed E-state index contributed by atoms with van der Waals surface area (Å²) in [5.74, 6) is 1.26. The molecule has 1 aromatic heterocycles. The third kappa shape index (κ3) is 4.40. The molecule has 146 valence electrons. The van der Waals surface area contributed by atoms with E-state index in [0.29, 0.717) is 17.1 Å². The lowest BCUT2D eigenvalue weighted by molar-refractivity contribution is 0.414. The molecule has 7 nitrogen and oxygen atoms in total. The van der Waals surface area contributed by atoms with E-state index in [4.69, 9.17) is 4.74 Å². The minimum Gasteiger partial charge on any atom is -0.497 e. The van der Waals surface area contributed by atoms with Gasteiger partial charge in [0.25, 0.3) is 10.0 Å². The second kappa shape index (κ2) is 7.85. The summed E-state index contributed by atoms with van der Waals surface area (Å²) in [6, 6.07) is 14.0. The van der Waals surface area contributed by atoms with Gasteiger partial charge in [-0.15, -0.1) is 10.2 Å². The van der Waals surface area contributed by atoms with E-state index in [1.807, 2.05) is 32.0 Å². The molecule has 0 saturated carbocycles. The number of hydrogen-bond acceptors (Lipinski definition) is 6. The summed E-state index contributed by atoms with van der Waals surface area (Å²) in [5.41, 5.74) is 3.83. The molecule has 0 aliphatic rings. The van der Waals surface area contributed by atoms with Crippen molar-refractivity contribution in [3.05, 3.63) is 65.2 Å². The lowest BCUT2D eigenvalue weighted by Crippen LogP contribution is -2.15. The number of rotatable bonds is 6. The van der Waals surface area contributed by atoms with Crippen molar-refractivity contribution in [2.45, 2.75) is 25.7 Å². The van der Waals surface area contributed by atoms with Gasteiger partial charge >= 0.3 is 0 Å². The first-order valence-corrected chi connectivity index (χ1v) is 10.1. The molecule has 0 saturated heterocycles. The van der Waals surface area contributed by atoms with Crippen LogP contribution in [0.15, 0.2) is 53.4 Å². The second-order valence-corrected chi connectivity index (χ2v) is 8.12. The topological polar surface area (TPSA) is 93.2 Å². The smallest absolute Gasteiger partial charge is 0.263 e. The Morgan fingerprint density at radius 1 is 0.821 bits per heavy atom. The number of aromatic nitrogens is 2. The number of hydrogen-bond donors (Lipinski definition) is 2. The zero-order valence-electron chi connectivity index (χ0n) is 16.1. The minimum atomic E-state index is -3.78. The zero-order chi connectivity index (χ0) is 20.3.